The van der Waals surface area contributed by atoms with Crippen molar-refractivity contribution in [3.05, 3.63) is 61.5 Å². The lowest BCUT2D eigenvalue weighted by Crippen LogP contribution is -2.26. The Hall–Kier alpha value is -1.69. The highest BCUT2D eigenvalue weighted by Crippen LogP contribution is 2.36. The van der Waals surface area contributed by atoms with E-state index in [-0.39, 0.29) is 11.6 Å². The fourth-order valence-corrected chi connectivity index (χ4v) is 5.44. The highest BCUT2D eigenvalue weighted by atomic mass is 35.5. The number of nitrogens with one attached hydrogen (secondary N) is 1. The zero-order valence-electron chi connectivity index (χ0n) is 15.9. The van der Waals surface area contributed by atoms with Crippen molar-refractivity contribution >= 4 is 33.2 Å². The van der Waals surface area contributed by atoms with Gasteiger partial charge in [0.05, 0.1) is 11.4 Å². The smallest absolute Gasteiger partial charge is 0.259 e. The van der Waals surface area contributed by atoms with Crippen molar-refractivity contribution in [3.63, 3.8) is 0 Å². The van der Waals surface area contributed by atoms with Crippen molar-refractivity contribution in [2.75, 3.05) is 7.05 Å². The van der Waals surface area contributed by atoms with Crippen LogP contribution >= 0.6 is 22.9 Å². The molecule has 0 fully saturated rings. The van der Waals surface area contributed by atoms with Gasteiger partial charge >= 0.3 is 0 Å². The maximum atomic E-state index is 12.8. The lowest BCUT2D eigenvalue weighted by molar-refractivity contribution is 0.244. The van der Waals surface area contributed by atoms with E-state index in [0.29, 0.717) is 5.92 Å². The van der Waals surface area contributed by atoms with E-state index in [1.54, 1.807) is 11.3 Å². The lowest BCUT2D eigenvalue weighted by atomic mass is 9.89. The zero-order chi connectivity index (χ0) is 19.1. The maximum Gasteiger partial charge on any atom is 0.259 e. The molecule has 1 aliphatic rings. The normalized spacial score (nSPS) is 18.0. The van der Waals surface area contributed by atoms with Gasteiger partial charge in [-0.05, 0) is 62.4 Å². The second-order valence-corrected chi connectivity index (χ2v) is 9.22. The molecule has 3 aromatic rings. The zero-order valence-corrected chi connectivity index (χ0v) is 17.5. The molecule has 6 heteroatoms. The molecule has 1 aliphatic carbocycles. The van der Waals surface area contributed by atoms with Gasteiger partial charge in [-0.15, -0.1) is 11.3 Å². The highest BCUT2D eigenvalue weighted by Gasteiger charge is 2.24. The summed E-state index contributed by atoms with van der Waals surface area (Å²) < 4.78 is 0. The Morgan fingerprint density at radius 3 is 3.04 bits per heavy atom. The number of benzene rings is 1. The molecule has 2 atom stereocenters. The molecule has 0 radical (unpaired) electrons. The maximum absolute atomic E-state index is 12.8. The molecule has 4 rings (SSSR count). The fourth-order valence-electron chi connectivity index (χ4n) is 3.83. The topological polar surface area (TPSA) is 49.0 Å². The number of nitrogens with zero attached hydrogens (tertiary/aromatic N) is 2. The molecule has 2 aromatic heterocycles. The Morgan fingerprint density at radius 1 is 1.44 bits per heavy atom. The van der Waals surface area contributed by atoms with Crippen molar-refractivity contribution in [3.8, 4) is 0 Å². The van der Waals surface area contributed by atoms with Gasteiger partial charge in [0, 0.05) is 16.4 Å². The van der Waals surface area contributed by atoms with E-state index in [2.05, 4.69) is 29.8 Å². The molecule has 27 heavy (non-hydrogen) atoms. The van der Waals surface area contributed by atoms with E-state index in [4.69, 9.17) is 16.6 Å². The van der Waals surface area contributed by atoms with Crippen molar-refractivity contribution < 1.29 is 0 Å². The van der Waals surface area contributed by atoms with Gasteiger partial charge in [0.15, 0.2) is 0 Å². The minimum atomic E-state index is -0.000802. The molecular formula is C21H24ClN3OS. The first-order valence-electron chi connectivity index (χ1n) is 9.41. The van der Waals surface area contributed by atoms with E-state index >= 15 is 0 Å². The summed E-state index contributed by atoms with van der Waals surface area (Å²) in [6.07, 6.45) is 3.21. The molecule has 4 nitrogen and oxygen atoms in total. The van der Waals surface area contributed by atoms with E-state index in [1.165, 1.54) is 10.4 Å². The van der Waals surface area contributed by atoms with Crippen molar-refractivity contribution in [1.82, 2.24) is 14.9 Å². The van der Waals surface area contributed by atoms with Crippen LogP contribution in [0.15, 0.2) is 29.1 Å². The third kappa shape index (κ3) is 3.68. The van der Waals surface area contributed by atoms with Crippen LogP contribution in [0.1, 0.15) is 48.1 Å². The molecular weight excluding hydrogens is 378 g/mol. The van der Waals surface area contributed by atoms with Gasteiger partial charge in [-0.2, -0.15) is 0 Å². The van der Waals surface area contributed by atoms with Crippen molar-refractivity contribution in [2.24, 2.45) is 5.92 Å². The molecule has 142 valence electrons. The van der Waals surface area contributed by atoms with Gasteiger partial charge in [-0.3, -0.25) is 9.69 Å². The molecule has 2 heterocycles. The summed E-state index contributed by atoms with van der Waals surface area (Å²) in [7, 11) is 2.04. The van der Waals surface area contributed by atoms with Crippen LogP contribution < -0.4 is 5.56 Å². The second kappa shape index (κ2) is 7.38. The molecule has 1 aromatic carbocycles. The first-order chi connectivity index (χ1) is 12.9. The lowest BCUT2D eigenvalue weighted by Gasteiger charge is -2.24. The van der Waals surface area contributed by atoms with E-state index in [0.717, 1.165) is 52.4 Å². The number of aromatic nitrogens is 2. The van der Waals surface area contributed by atoms with Crippen LogP contribution in [0.25, 0.3) is 10.2 Å². The number of hydrogen-bond donors (Lipinski definition) is 1. The van der Waals surface area contributed by atoms with Crippen LogP contribution in [0.2, 0.25) is 5.02 Å². The average Bonchev–Trinajstić information content (AvgIpc) is 2.98. The molecule has 2 unspecified atom stereocenters. The van der Waals surface area contributed by atoms with Crippen LogP contribution in [0.3, 0.4) is 0 Å². The summed E-state index contributed by atoms with van der Waals surface area (Å²) in [4.78, 5) is 25.1. The standard InChI is InChI=1S/C21H24ClN3OS/c1-12-7-8-16-17(9-12)27-21-18(16)20(26)23-19(24-21)13(2)25(3)11-14-5-4-6-15(22)10-14/h4-6,10,12-13H,7-9,11H2,1-3H3,(H,23,24,26). The summed E-state index contributed by atoms with van der Waals surface area (Å²) in [5.41, 5.74) is 2.37. The Kier molecular flexibility index (Phi) is 5.10. The highest BCUT2D eigenvalue weighted by molar-refractivity contribution is 7.18. The number of thiophene rings is 1. The third-order valence-electron chi connectivity index (χ3n) is 5.56. The average molecular weight is 402 g/mol. The molecule has 0 bridgehead atoms. The number of aryl methyl sites for hydroxylation is 1. The number of H-pyrrole nitrogens is 1. The Labute approximate surface area is 168 Å². The van der Waals surface area contributed by atoms with Crippen LogP contribution in [0.5, 0.6) is 0 Å². The number of hydrogen-bond acceptors (Lipinski definition) is 4. The molecule has 0 spiro atoms. The van der Waals surface area contributed by atoms with Gasteiger partial charge in [-0.1, -0.05) is 30.7 Å². The largest absolute Gasteiger partial charge is 0.309 e. The number of rotatable bonds is 4. The first kappa shape index (κ1) is 18.7. The van der Waals surface area contributed by atoms with Gasteiger partial charge < -0.3 is 4.98 Å². The molecule has 0 aliphatic heterocycles. The van der Waals surface area contributed by atoms with Crippen LogP contribution in [-0.4, -0.2) is 21.9 Å². The summed E-state index contributed by atoms with van der Waals surface area (Å²) in [5.74, 6) is 1.41. The van der Waals surface area contributed by atoms with E-state index in [1.807, 2.05) is 25.2 Å². The summed E-state index contributed by atoms with van der Waals surface area (Å²) in [6, 6.07) is 7.86. The summed E-state index contributed by atoms with van der Waals surface area (Å²) >= 11 is 7.79. The number of halogens is 1. The Bertz CT molecular complexity index is 1040. The SMILES string of the molecule is CC1CCc2c(sc3nc(C(C)N(C)Cc4cccc(Cl)c4)[nH]c(=O)c23)C1. The molecule has 1 N–H and O–H groups in total. The fraction of sp³-hybridized carbons (Fsp3) is 0.429. The number of fused-ring (bicyclic) bond motifs is 3. The van der Waals surface area contributed by atoms with Gasteiger partial charge in [-0.25, -0.2) is 4.98 Å². The minimum Gasteiger partial charge on any atom is -0.309 e. The predicted molar refractivity (Wildman–Crippen MR) is 113 cm³/mol. The van der Waals surface area contributed by atoms with Crippen LogP contribution in [0.4, 0.5) is 0 Å². The predicted octanol–water partition coefficient (Wildman–Crippen LogP) is 4.96. The van der Waals surface area contributed by atoms with Crippen LogP contribution in [0, 0.1) is 5.92 Å². The van der Waals surface area contributed by atoms with Gasteiger partial charge in [0.25, 0.3) is 5.56 Å². The monoisotopic (exact) mass is 401 g/mol. The second-order valence-electron chi connectivity index (χ2n) is 7.70. The van der Waals surface area contributed by atoms with E-state index < -0.39 is 0 Å². The minimum absolute atomic E-state index is 0.000802. The first-order valence-corrected chi connectivity index (χ1v) is 10.6. The van der Waals surface area contributed by atoms with Crippen molar-refractivity contribution in [1.29, 1.82) is 0 Å². The van der Waals surface area contributed by atoms with Gasteiger partial charge in [0.2, 0.25) is 0 Å². The van der Waals surface area contributed by atoms with Crippen LogP contribution in [-0.2, 0) is 19.4 Å². The Morgan fingerprint density at radius 2 is 2.26 bits per heavy atom. The molecule has 0 saturated carbocycles. The summed E-state index contributed by atoms with van der Waals surface area (Å²) in [6.45, 7) is 5.09. The van der Waals surface area contributed by atoms with Crippen molar-refractivity contribution in [2.45, 2.75) is 45.7 Å². The Balaban J connectivity index is 1.64. The summed E-state index contributed by atoms with van der Waals surface area (Å²) in [5, 5.41) is 1.55. The van der Waals surface area contributed by atoms with E-state index in [9.17, 15) is 4.79 Å². The third-order valence-corrected chi connectivity index (χ3v) is 6.94. The molecule has 0 saturated heterocycles. The van der Waals surface area contributed by atoms with Gasteiger partial charge in [0.1, 0.15) is 10.7 Å². The quantitative estimate of drug-likeness (QED) is 0.672. The number of aromatic amines is 1. The molecule has 0 amide bonds.